The lowest BCUT2D eigenvalue weighted by molar-refractivity contribution is 0.0947. The van der Waals surface area contributed by atoms with E-state index in [0.717, 1.165) is 37.2 Å². The SMILES string of the molecule is CCc1cccc(CC)c1Nc1ccc(C(=O)NCCCN(C)C)nc1. The van der Waals surface area contributed by atoms with Crippen LogP contribution in [0.25, 0.3) is 0 Å². The highest BCUT2D eigenvalue weighted by Crippen LogP contribution is 2.26. The second kappa shape index (κ2) is 9.92. The van der Waals surface area contributed by atoms with Gasteiger partial charge in [-0.05, 0) is 63.2 Å². The fourth-order valence-corrected chi connectivity index (χ4v) is 2.84. The molecule has 0 radical (unpaired) electrons. The molecule has 0 saturated carbocycles. The maximum atomic E-state index is 12.2. The Morgan fingerprint density at radius 2 is 1.77 bits per heavy atom. The number of nitrogens with zero attached hydrogens (tertiary/aromatic N) is 2. The van der Waals surface area contributed by atoms with Gasteiger partial charge in [0.1, 0.15) is 5.69 Å². The summed E-state index contributed by atoms with van der Waals surface area (Å²) in [6.07, 6.45) is 4.58. The number of hydrogen-bond donors (Lipinski definition) is 2. The van der Waals surface area contributed by atoms with Crippen molar-refractivity contribution in [2.45, 2.75) is 33.1 Å². The largest absolute Gasteiger partial charge is 0.354 e. The first-order chi connectivity index (χ1) is 12.5. The molecule has 1 aromatic carbocycles. The monoisotopic (exact) mass is 354 g/mol. The van der Waals surface area contributed by atoms with E-state index >= 15 is 0 Å². The van der Waals surface area contributed by atoms with Crippen molar-refractivity contribution in [2.24, 2.45) is 0 Å². The normalized spacial score (nSPS) is 10.8. The number of benzene rings is 1. The zero-order valence-corrected chi connectivity index (χ0v) is 16.3. The summed E-state index contributed by atoms with van der Waals surface area (Å²) in [5, 5.41) is 6.39. The van der Waals surface area contributed by atoms with Crippen LogP contribution in [0.1, 0.15) is 41.9 Å². The van der Waals surface area contributed by atoms with E-state index in [-0.39, 0.29) is 5.91 Å². The molecule has 5 nitrogen and oxygen atoms in total. The van der Waals surface area contributed by atoms with Gasteiger partial charge in [-0.25, -0.2) is 4.98 Å². The van der Waals surface area contributed by atoms with Crippen LogP contribution in [-0.4, -0.2) is 43.0 Å². The van der Waals surface area contributed by atoms with E-state index in [1.54, 1.807) is 12.3 Å². The Kier molecular flexibility index (Phi) is 7.60. The fourth-order valence-electron chi connectivity index (χ4n) is 2.84. The minimum absolute atomic E-state index is 0.126. The molecule has 0 saturated heterocycles. The van der Waals surface area contributed by atoms with Gasteiger partial charge in [0.2, 0.25) is 0 Å². The van der Waals surface area contributed by atoms with Crippen LogP contribution in [0.3, 0.4) is 0 Å². The Morgan fingerprint density at radius 3 is 2.31 bits per heavy atom. The number of anilines is 2. The van der Waals surface area contributed by atoms with Gasteiger partial charge in [-0.3, -0.25) is 4.79 Å². The first-order valence-corrected chi connectivity index (χ1v) is 9.31. The van der Waals surface area contributed by atoms with Crippen molar-refractivity contribution in [3.63, 3.8) is 0 Å². The van der Waals surface area contributed by atoms with Crippen molar-refractivity contribution in [1.29, 1.82) is 0 Å². The first kappa shape index (κ1) is 19.9. The Hall–Kier alpha value is -2.40. The molecule has 0 spiro atoms. The van der Waals surface area contributed by atoms with Crippen molar-refractivity contribution in [3.8, 4) is 0 Å². The number of aromatic nitrogens is 1. The molecule has 26 heavy (non-hydrogen) atoms. The lowest BCUT2D eigenvalue weighted by Gasteiger charge is -2.15. The van der Waals surface area contributed by atoms with Gasteiger partial charge in [-0.15, -0.1) is 0 Å². The molecule has 0 aliphatic heterocycles. The summed E-state index contributed by atoms with van der Waals surface area (Å²) in [6, 6.07) is 10.1. The third-order valence-electron chi connectivity index (χ3n) is 4.33. The van der Waals surface area contributed by atoms with E-state index in [2.05, 4.69) is 52.6 Å². The average molecular weight is 354 g/mol. The number of carbonyl (C=O) groups is 1. The predicted octanol–water partition coefficient (Wildman–Crippen LogP) is 3.63. The molecule has 1 aromatic heterocycles. The number of pyridine rings is 1. The Balaban J connectivity index is 2.01. The molecule has 0 atom stereocenters. The highest BCUT2D eigenvalue weighted by Gasteiger charge is 2.09. The smallest absolute Gasteiger partial charge is 0.269 e. The van der Waals surface area contributed by atoms with Gasteiger partial charge in [0.15, 0.2) is 0 Å². The molecule has 2 N–H and O–H groups in total. The fraction of sp³-hybridized carbons (Fsp3) is 0.429. The van der Waals surface area contributed by atoms with Crippen molar-refractivity contribution in [1.82, 2.24) is 15.2 Å². The molecule has 140 valence electrons. The molecule has 2 aromatic rings. The van der Waals surface area contributed by atoms with Crippen molar-refractivity contribution in [3.05, 3.63) is 53.3 Å². The number of aryl methyl sites for hydroxylation is 2. The number of carbonyl (C=O) groups excluding carboxylic acids is 1. The average Bonchev–Trinajstić information content (AvgIpc) is 2.65. The molecular formula is C21H30N4O. The number of amides is 1. The van der Waals surface area contributed by atoms with Gasteiger partial charge in [0.25, 0.3) is 5.91 Å². The highest BCUT2D eigenvalue weighted by atomic mass is 16.1. The van der Waals surface area contributed by atoms with Gasteiger partial charge < -0.3 is 15.5 Å². The van der Waals surface area contributed by atoms with Crippen LogP contribution in [0.2, 0.25) is 0 Å². The zero-order chi connectivity index (χ0) is 18.9. The standard InChI is InChI=1S/C21H30N4O/c1-5-16-9-7-10-17(6-2)20(16)24-18-11-12-19(23-15-18)21(26)22-13-8-14-25(3)4/h7,9-12,15,24H,5-6,8,13-14H2,1-4H3,(H,22,26). The molecule has 0 unspecified atom stereocenters. The van der Waals surface area contributed by atoms with E-state index in [1.807, 2.05) is 20.2 Å². The maximum Gasteiger partial charge on any atom is 0.269 e. The number of hydrogen-bond acceptors (Lipinski definition) is 4. The van der Waals surface area contributed by atoms with E-state index in [9.17, 15) is 4.79 Å². The molecular weight excluding hydrogens is 324 g/mol. The third-order valence-corrected chi connectivity index (χ3v) is 4.33. The quantitative estimate of drug-likeness (QED) is 0.675. The number of nitrogens with one attached hydrogen (secondary N) is 2. The second-order valence-electron chi connectivity index (χ2n) is 6.63. The van der Waals surface area contributed by atoms with Crippen LogP contribution in [0.5, 0.6) is 0 Å². The summed E-state index contributed by atoms with van der Waals surface area (Å²) < 4.78 is 0. The molecule has 1 heterocycles. The van der Waals surface area contributed by atoms with Crippen molar-refractivity contribution >= 4 is 17.3 Å². The van der Waals surface area contributed by atoms with Crippen molar-refractivity contribution < 1.29 is 4.79 Å². The van der Waals surface area contributed by atoms with E-state index < -0.39 is 0 Å². The lowest BCUT2D eigenvalue weighted by Crippen LogP contribution is -2.27. The summed E-state index contributed by atoms with van der Waals surface area (Å²) in [4.78, 5) is 18.6. The lowest BCUT2D eigenvalue weighted by atomic mass is 10.0. The van der Waals surface area contributed by atoms with Gasteiger partial charge >= 0.3 is 0 Å². The molecule has 0 bridgehead atoms. The van der Waals surface area contributed by atoms with Crippen LogP contribution in [0.15, 0.2) is 36.5 Å². The Morgan fingerprint density at radius 1 is 1.08 bits per heavy atom. The topological polar surface area (TPSA) is 57.3 Å². The van der Waals surface area contributed by atoms with Gasteiger partial charge in [0.05, 0.1) is 11.9 Å². The van der Waals surface area contributed by atoms with Crippen LogP contribution in [0, 0.1) is 0 Å². The summed E-state index contributed by atoms with van der Waals surface area (Å²) in [5.74, 6) is -0.126. The molecule has 5 heteroatoms. The minimum Gasteiger partial charge on any atom is -0.354 e. The van der Waals surface area contributed by atoms with Crippen LogP contribution in [0.4, 0.5) is 11.4 Å². The second-order valence-corrected chi connectivity index (χ2v) is 6.63. The summed E-state index contributed by atoms with van der Waals surface area (Å²) >= 11 is 0. The zero-order valence-electron chi connectivity index (χ0n) is 16.3. The molecule has 0 aliphatic carbocycles. The minimum atomic E-state index is -0.126. The van der Waals surface area contributed by atoms with Gasteiger partial charge in [-0.2, -0.15) is 0 Å². The highest BCUT2D eigenvalue weighted by molar-refractivity contribution is 5.92. The summed E-state index contributed by atoms with van der Waals surface area (Å²) in [5.41, 5.74) is 5.06. The predicted molar refractivity (Wildman–Crippen MR) is 108 cm³/mol. The van der Waals surface area contributed by atoms with Gasteiger partial charge in [0, 0.05) is 12.2 Å². The molecule has 0 fully saturated rings. The van der Waals surface area contributed by atoms with E-state index in [0.29, 0.717) is 12.2 Å². The first-order valence-electron chi connectivity index (χ1n) is 9.31. The van der Waals surface area contributed by atoms with E-state index in [1.165, 1.54) is 11.1 Å². The molecule has 0 aliphatic rings. The van der Waals surface area contributed by atoms with Crippen LogP contribution >= 0.6 is 0 Å². The van der Waals surface area contributed by atoms with Gasteiger partial charge in [-0.1, -0.05) is 32.0 Å². The summed E-state index contributed by atoms with van der Waals surface area (Å²) in [7, 11) is 4.05. The van der Waals surface area contributed by atoms with E-state index in [4.69, 9.17) is 0 Å². The number of rotatable bonds is 9. The van der Waals surface area contributed by atoms with Crippen LogP contribution in [-0.2, 0) is 12.8 Å². The molecule has 1 amide bonds. The number of para-hydroxylation sites is 1. The Labute approximate surface area is 156 Å². The Bertz CT molecular complexity index is 688. The third kappa shape index (κ3) is 5.56. The maximum absolute atomic E-state index is 12.2. The van der Waals surface area contributed by atoms with Crippen molar-refractivity contribution in [2.75, 3.05) is 32.5 Å². The molecule has 2 rings (SSSR count). The summed E-state index contributed by atoms with van der Waals surface area (Å²) in [6.45, 7) is 5.92. The van der Waals surface area contributed by atoms with Crippen LogP contribution < -0.4 is 10.6 Å².